The van der Waals surface area contributed by atoms with E-state index in [1.54, 1.807) is 0 Å². The molecule has 0 aromatic carbocycles. The van der Waals surface area contributed by atoms with Gasteiger partial charge in [-0.3, -0.25) is 5.43 Å². The molecule has 2 rings (SSSR count). The molecule has 2 heterocycles. The topological polar surface area (TPSA) is 124 Å². The molecule has 2 aromatic rings. The fraction of sp³-hybridized carbons (Fsp3) is 0.400. The van der Waals surface area contributed by atoms with E-state index < -0.39 is 0 Å². The van der Waals surface area contributed by atoms with Crippen LogP contribution in [0.1, 0.15) is 18.4 Å². The van der Waals surface area contributed by atoms with Crippen LogP contribution in [-0.2, 0) is 6.54 Å². The number of anilines is 2. The number of rotatable bonds is 6. The number of aromatic nitrogens is 4. The molecule has 0 bridgehead atoms. The number of nitrogens with zero attached hydrogens (tertiary/aromatic N) is 4. The Bertz CT molecular complexity index is 542. The molecule has 102 valence electrons. The van der Waals surface area contributed by atoms with Crippen molar-refractivity contribution in [1.29, 1.82) is 0 Å². The SMILES string of the molecule is CCOc1nc(NN)nc(NCc2cc(C)on2)n1. The van der Waals surface area contributed by atoms with Gasteiger partial charge in [0.1, 0.15) is 11.5 Å². The van der Waals surface area contributed by atoms with Crippen molar-refractivity contribution in [3.05, 3.63) is 17.5 Å². The first-order valence-corrected chi connectivity index (χ1v) is 5.72. The second-order valence-corrected chi connectivity index (χ2v) is 3.63. The van der Waals surface area contributed by atoms with Gasteiger partial charge in [-0.1, -0.05) is 5.16 Å². The Morgan fingerprint density at radius 1 is 1.32 bits per heavy atom. The van der Waals surface area contributed by atoms with Crippen LogP contribution in [0.15, 0.2) is 10.6 Å². The van der Waals surface area contributed by atoms with Crippen LogP contribution in [-0.4, -0.2) is 26.7 Å². The summed E-state index contributed by atoms with van der Waals surface area (Å²) < 4.78 is 10.2. The molecule has 4 N–H and O–H groups in total. The van der Waals surface area contributed by atoms with Gasteiger partial charge in [0.15, 0.2) is 0 Å². The highest BCUT2D eigenvalue weighted by atomic mass is 16.5. The maximum absolute atomic E-state index is 5.28. The lowest BCUT2D eigenvalue weighted by Gasteiger charge is -2.07. The Balaban J connectivity index is 2.08. The molecule has 0 unspecified atom stereocenters. The van der Waals surface area contributed by atoms with E-state index in [1.807, 2.05) is 19.9 Å². The van der Waals surface area contributed by atoms with E-state index in [4.69, 9.17) is 15.1 Å². The summed E-state index contributed by atoms with van der Waals surface area (Å²) >= 11 is 0. The van der Waals surface area contributed by atoms with Crippen LogP contribution < -0.4 is 21.3 Å². The first-order valence-electron chi connectivity index (χ1n) is 5.72. The van der Waals surface area contributed by atoms with Crippen molar-refractivity contribution < 1.29 is 9.26 Å². The summed E-state index contributed by atoms with van der Waals surface area (Å²) in [4.78, 5) is 12.1. The highest BCUT2D eigenvalue weighted by Crippen LogP contribution is 2.11. The summed E-state index contributed by atoms with van der Waals surface area (Å²) in [5.41, 5.74) is 3.10. The zero-order chi connectivity index (χ0) is 13.7. The standard InChI is InChI=1S/C10H15N7O2/c1-3-18-10-14-8(13-9(15-10)16-11)12-5-7-4-6(2)19-17-7/h4H,3,5,11H2,1-2H3,(H2,12,13,14,15,16). The summed E-state index contributed by atoms with van der Waals surface area (Å²) in [6.45, 7) is 4.54. The molecular formula is C10H15N7O2. The van der Waals surface area contributed by atoms with E-state index in [2.05, 4.69) is 30.9 Å². The van der Waals surface area contributed by atoms with Crippen molar-refractivity contribution in [2.24, 2.45) is 5.84 Å². The van der Waals surface area contributed by atoms with Crippen LogP contribution in [0, 0.1) is 6.92 Å². The molecule has 0 saturated heterocycles. The molecule has 19 heavy (non-hydrogen) atoms. The average molecular weight is 265 g/mol. The Morgan fingerprint density at radius 2 is 2.11 bits per heavy atom. The molecule has 0 radical (unpaired) electrons. The lowest BCUT2D eigenvalue weighted by molar-refractivity contribution is 0.312. The van der Waals surface area contributed by atoms with Gasteiger partial charge in [0.05, 0.1) is 13.2 Å². The van der Waals surface area contributed by atoms with E-state index in [9.17, 15) is 0 Å². The van der Waals surface area contributed by atoms with Crippen LogP contribution >= 0.6 is 0 Å². The minimum Gasteiger partial charge on any atom is -0.464 e. The summed E-state index contributed by atoms with van der Waals surface area (Å²) in [6.07, 6.45) is 0. The van der Waals surface area contributed by atoms with Crippen LogP contribution in [0.5, 0.6) is 6.01 Å². The minimum atomic E-state index is 0.198. The third-order valence-electron chi connectivity index (χ3n) is 2.12. The van der Waals surface area contributed by atoms with Gasteiger partial charge >= 0.3 is 6.01 Å². The molecule has 2 aromatic heterocycles. The molecule has 0 aliphatic rings. The van der Waals surface area contributed by atoms with Gasteiger partial charge < -0.3 is 14.6 Å². The van der Waals surface area contributed by atoms with Crippen molar-refractivity contribution in [3.8, 4) is 6.01 Å². The average Bonchev–Trinajstić information content (AvgIpc) is 2.82. The molecule has 0 aliphatic carbocycles. The number of nitrogens with one attached hydrogen (secondary N) is 2. The summed E-state index contributed by atoms with van der Waals surface area (Å²) in [6, 6.07) is 2.02. The lowest BCUT2D eigenvalue weighted by atomic mass is 10.4. The maximum Gasteiger partial charge on any atom is 0.323 e. The van der Waals surface area contributed by atoms with Crippen LogP contribution in [0.2, 0.25) is 0 Å². The Labute approximate surface area is 109 Å². The van der Waals surface area contributed by atoms with E-state index in [0.29, 0.717) is 19.1 Å². The van der Waals surface area contributed by atoms with Crippen LogP contribution in [0.4, 0.5) is 11.9 Å². The first kappa shape index (κ1) is 13.0. The zero-order valence-electron chi connectivity index (χ0n) is 10.7. The number of ether oxygens (including phenoxy) is 1. The normalized spacial score (nSPS) is 10.3. The van der Waals surface area contributed by atoms with Gasteiger partial charge in [-0.05, 0) is 13.8 Å². The molecule has 9 nitrogen and oxygen atoms in total. The number of hydrazine groups is 1. The molecule has 0 spiro atoms. The predicted molar refractivity (Wildman–Crippen MR) is 67.4 cm³/mol. The van der Waals surface area contributed by atoms with Gasteiger partial charge in [-0.15, -0.1) is 0 Å². The largest absolute Gasteiger partial charge is 0.464 e. The number of hydrogen-bond acceptors (Lipinski definition) is 9. The van der Waals surface area contributed by atoms with Gasteiger partial charge in [-0.2, -0.15) is 15.0 Å². The zero-order valence-corrected chi connectivity index (χ0v) is 10.7. The molecular weight excluding hydrogens is 250 g/mol. The molecule has 0 amide bonds. The molecule has 0 atom stereocenters. The number of nitrogens with two attached hydrogens (primary N) is 1. The smallest absolute Gasteiger partial charge is 0.323 e. The predicted octanol–water partition coefficient (Wildman–Crippen LogP) is 0.464. The number of nitrogen functional groups attached to an aromatic ring is 1. The number of hydrogen-bond donors (Lipinski definition) is 3. The van der Waals surface area contributed by atoms with Crippen molar-refractivity contribution in [2.75, 3.05) is 17.3 Å². The Hall–Kier alpha value is -2.42. The quantitative estimate of drug-likeness (QED) is 0.504. The van der Waals surface area contributed by atoms with Crippen molar-refractivity contribution >= 4 is 11.9 Å². The fourth-order valence-electron chi connectivity index (χ4n) is 1.36. The van der Waals surface area contributed by atoms with E-state index in [1.165, 1.54) is 0 Å². The van der Waals surface area contributed by atoms with Gasteiger partial charge in [0.25, 0.3) is 0 Å². The van der Waals surface area contributed by atoms with E-state index in [0.717, 1.165) is 11.5 Å². The first-order chi connectivity index (χ1) is 9.21. The lowest BCUT2D eigenvalue weighted by Crippen LogP contribution is -2.14. The van der Waals surface area contributed by atoms with Crippen LogP contribution in [0.25, 0.3) is 0 Å². The Morgan fingerprint density at radius 3 is 2.74 bits per heavy atom. The highest BCUT2D eigenvalue weighted by molar-refractivity contribution is 5.35. The second kappa shape index (κ2) is 5.96. The molecule has 0 saturated carbocycles. The molecule has 9 heteroatoms. The summed E-state index contributed by atoms with van der Waals surface area (Å²) in [5.74, 6) is 6.58. The van der Waals surface area contributed by atoms with E-state index in [-0.39, 0.29) is 12.0 Å². The molecule has 0 aliphatic heterocycles. The van der Waals surface area contributed by atoms with Gasteiger partial charge in [-0.25, -0.2) is 5.84 Å². The highest BCUT2D eigenvalue weighted by Gasteiger charge is 2.07. The fourth-order valence-corrected chi connectivity index (χ4v) is 1.36. The monoisotopic (exact) mass is 265 g/mol. The molecule has 0 fully saturated rings. The van der Waals surface area contributed by atoms with Crippen molar-refractivity contribution in [1.82, 2.24) is 20.1 Å². The maximum atomic E-state index is 5.28. The van der Waals surface area contributed by atoms with E-state index >= 15 is 0 Å². The Kier molecular flexibility index (Phi) is 4.08. The minimum absolute atomic E-state index is 0.198. The van der Waals surface area contributed by atoms with Gasteiger partial charge in [0, 0.05) is 6.07 Å². The van der Waals surface area contributed by atoms with Crippen molar-refractivity contribution in [3.63, 3.8) is 0 Å². The summed E-state index contributed by atoms with van der Waals surface area (Å²) in [7, 11) is 0. The summed E-state index contributed by atoms with van der Waals surface area (Å²) in [5, 5.41) is 6.84. The third-order valence-corrected chi connectivity index (χ3v) is 2.12. The number of aryl methyl sites for hydroxylation is 1. The van der Waals surface area contributed by atoms with Gasteiger partial charge in [0.2, 0.25) is 11.9 Å². The van der Waals surface area contributed by atoms with Crippen molar-refractivity contribution in [2.45, 2.75) is 20.4 Å². The van der Waals surface area contributed by atoms with Crippen LogP contribution in [0.3, 0.4) is 0 Å². The third kappa shape index (κ3) is 3.52. The second-order valence-electron chi connectivity index (χ2n) is 3.63.